The molecule has 2 N–H and O–H groups in total. The van der Waals surface area contributed by atoms with E-state index in [1.165, 1.54) is 32.0 Å². The van der Waals surface area contributed by atoms with Gasteiger partial charge in [0.25, 0.3) is 5.92 Å². The Balaban J connectivity index is 1.45. The number of benzene rings is 2. The number of carbonyl (C=O) groups is 1. The van der Waals surface area contributed by atoms with Crippen LogP contribution in [0.2, 0.25) is 5.02 Å². The van der Waals surface area contributed by atoms with Gasteiger partial charge in [0.2, 0.25) is 15.9 Å². The van der Waals surface area contributed by atoms with Gasteiger partial charge in [-0.15, -0.1) is 0 Å². The van der Waals surface area contributed by atoms with Crippen LogP contribution in [0.5, 0.6) is 0 Å². The monoisotopic (exact) mass is 967 g/mol. The first-order valence-electron chi connectivity index (χ1n) is 18.6. The molecule has 5 aromatic rings. The van der Waals surface area contributed by atoms with Crippen molar-refractivity contribution in [3.63, 3.8) is 0 Å². The van der Waals surface area contributed by atoms with Gasteiger partial charge in [-0.1, -0.05) is 23.6 Å². The summed E-state index contributed by atoms with van der Waals surface area (Å²) in [5.41, 5.74) is -5.17. The van der Waals surface area contributed by atoms with Gasteiger partial charge in [0.1, 0.15) is 40.9 Å². The van der Waals surface area contributed by atoms with Crippen molar-refractivity contribution in [1.82, 2.24) is 29.9 Å². The van der Waals surface area contributed by atoms with Crippen LogP contribution in [0, 0.1) is 29.4 Å². The molecule has 2 aliphatic carbocycles. The van der Waals surface area contributed by atoms with Gasteiger partial charge in [-0.2, -0.15) is 45.3 Å². The van der Waals surface area contributed by atoms with Gasteiger partial charge in [0, 0.05) is 34.9 Å². The molecule has 0 radical (unpaired) electrons. The number of nitrogens with one attached hydrogen (secondary N) is 2. The fourth-order valence-electron chi connectivity index (χ4n) is 7.52. The van der Waals surface area contributed by atoms with Gasteiger partial charge in [-0.25, -0.2) is 30.6 Å². The summed E-state index contributed by atoms with van der Waals surface area (Å²) in [7, 11) is -8.06. The third-order valence-electron chi connectivity index (χ3n) is 10.6. The molecule has 64 heavy (non-hydrogen) atoms. The van der Waals surface area contributed by atoms with Crippen LogP contribution in [0.1, 0.15) is 66.1 Å². The number of halogens is 11. The number of sulfone groups is 1. The molecule has 1 saturated carbocycles. The summed E-state index contributed by atoms with van der Waals surface area (Å²) in [5, 5.41) is 9.01. The summed E-state index contributed by atoms with van der Waals surface area (Å²) >= 11 is 6.46. The summed E-state index contributed by atoms with van der Waals surface area (Å²) in [6.07, 6.45) is -9.46. The Morgan fingerprint density at radius 2 is 1.59 bits per heavy atom. The summed E-state index contributed by atoms with van der Waals surface area (Å²) in [6.45, 7) is -0.547. The Hall–Kier alpha value is -5.41. The molecule has 0 aliphatic heterocycles. The SMILES string of the molecule is CC(C)(C#Cc1ccc(-c2ccc(Cl)c3c(NS(C)(=O)=O)nn(CC(F)(F)F)c23)c([C@H](Cc2cc(F)cc(F)c2)NC(=O)Cn2nc(C(F)(F)F)c3c2C(F)(F)[C@@H]2CC32)n1)S(C)(=O)=O. The van der Waals surface area contributed by atoms with Crippen LogP contribution in [0.4, 0.5) is 49.7 Å². The largest absolute Gasteiger partial charge is 0.435 e. The Morgan fingerprint density at radius 3 is 2.19 bits per heavy atom. The molecule has 2 aromatic carbocycles. The second-order valence-corrected chi connectivity index (χ2v) is 20.6. The van der Waals surface area contributed by atoms with E-state index in [0.29, 0.717) is 17.0 Å². The number of hydrogen-bond donors (Lipinski definition) is 2. The molecule has 3 heterocycles. The first-order valence-corrected chi connectivity index (χ1v) is 22.8. The molecule has 0 spiro atoms. The van der Waals surface area contributed by atoms with Gasteiger partial charge in [0.05, 0.1) is 33.9 Å². The minimum Gasteiger partial charge on any atom is -0.346 e. The number of hydrogen-bond acceptors (Lipinski definition) is 8. The van der Waals surface area contributed by atoms with Crippen molar-refractivity contribution in [3.05, 3.63) is 93.0 Å². The number of sulfonamides is 1. The van der Waals surface area contributed by atoms with Crippen molar-refractivity contribution in [2.24, 2.45) is 5.92 Å². The number of carbonyl (C=O) groups excluding carboxylic acids is 1. The van der Waals surface area contributed by atoms with Crippen LogP contribution in [0.25, 0.3) is 22.0 Å². The van der Waals surface area contributed by atoms with Gasteiger partial charge in [-0.05, 0) is 74.4 Å². The molecule has 12 nitrogen and oxygen atoms in total. The molecule has 0 bridgehead atoms. The average Bonchev–Trinajstić information content (AvgIpc) is 3.66. The molecule has 0 saturated heterocycles. The topological polar surface area (TPSA) is 158 Å². The normalized spacial score (nSPS) is 17.7. The molecular formula is C39H32ClF10N7O5S2. The van der Waals surface area contributed by atoms with E-state index in [0.717, 1.165) is 24.5 Å². The maximum absolute atomic E-state index is 15.5. The molecule has 342 valence electrons. The molecule has 1 amide bonds. The number of nitrogens with zero attached hydrogens (tertiary/aromatic N) is 5. The van der Waals surface area contributed by atoms with Gasteiger partial charge >= 0.3 is 12.4 Å². The minimum atomic E-state index is -5.19. The highest BCUT2D eigenvalue weighted by Gasteiger charge is 2.68. The second kappa shape index (κ2) is 15.6. The van der Waals surface area contributed by atoms with Crippen LogP contribution in [-0.2, 0) is 56.3 Å². The van der Waals surface area contributed by atoms with E-state index in [4.69, 9.17) is 11.6 Å². The van der Waals surface area contributed by atoms with Gasteiger partial charge < -0.3 is 5.32 Å². The zero-order valence-electron chi connectivity index (χ0n) is 33.4. The van der Waals surface area contributed by atoms with Crippen molar-refractivity contribution < 1.29 is 65.5 Å². The maximum Gasteiger partial charge on any atom is 0.435 e. The van der Waals surface area contributed by atoms with E-state index in [1.54, 1.807) is 0 Å². The lowest BCUT2D eigenvalue weighted by molar-refractivity contribution is -0.142. The van der Waals surface area contributed by atoms with E-state index in [9.17, 15) is 56.8 Å². The van der Waals surface area contributed by atoms with E-state index in [2.05, 4.69) is 32.3 Å². The van der Waals surface area contributed by atoms with Crippen LogP contribution < -0.4 is 10.0 Å². The Bertz CT molecular complexity index is 3030. The zero-order chi connectivity index (χ0) is 47.3. The number of anilines is 1. The van der Waals surface area contributed by atoms with Crippen molar-refractivity contribution >= 4 is 54.1 Å². The first kappa shape index (κ1) is 46.6. The molecule has 1 unspecified atom stereocenters. The Labute approximate surface area is 362 Å². The highest BCUT2D eigenvalue weighted by Crippen LogP contribution is 2.68. The standard InChI is InChI=1S/C39H32ClF10N7O5S2/c1-36(2,63(3,59)60)10-9-21-5-6-22(23-7-8-26(40)30-32(23)57(17-37(43,44)45)54-35(30)55-64(4,61)62)31(51-21)27(13-18-11-19(41)14-20(42)12-18)52-28(58)16-56-34-29(33(53-56)39(48,49)50)24-15-25(24)38(34,46)47/h5-8,11-12,14,24-25,27H,13,15-17H2,1-4H3,(H,52,58)(H,54,55)/t24?,25-,27+/m1/s1. The molecule has 7 rings (SSSR count). The smallest absolute Gasteiger partial charge is 0.346 e. The Morgan fingerprint density at radius 1 is 0.953 bits per heavy atom. The van der Waals surface area contributed by atoms with Crippen LogP contribution in [-0.4, -0.2) is 70.7 Å². The molecule has 3 atom stereocenters. The van der Waals surface area contributed by atoms with Crippen molar-refractivity contribution in [3.8, 4) is 23.0 Å². The summed E-state index contributed by atoms with van der Waals surface area (Å²) in [5.74, 6) is -5.43. The fraction of sp³-hybridized carbons (Fsp3) is 0.385. The number of pyridine rings is 1. The maximum atomic E-state index is 15.5. The predicted molar refractivity (Wildman–Crippen MR) is 211 cm³/mol. The number of rotatable bonds is 11. The fourth-order valence-corrected chi connectivity index (χ4v) is 8.50. The lowest BCUT2D eigenvalue weighted by Crippen LogP contribution is -2.35. The Kier molecular flexibility index (Phi) is 11.4. The molecular weight excluding hydrogens is 936 g/mol. The lowest BCUT2D eigenvalue weighted by Gasteiger charge is -2.23. The van der Waals surface area contributed by atoms with Crippen LogP contribution >= 0.6 is 11.6 Å². The van der Waals surface area contributed by atoms with E-state index >= 15 is 8.78 Å². The van der Waals surface area contributed by atoms with Crippen molar-refractivity contribution in [1.29, 1.82) is 0 Å². The number of alkyl halides is 8. The first-order chi connectivity index (χ1) is 29.3. The van der Waals surface area contributed by atoms with Gasteiger partial charge in [0.15, 0.2) is 21.3 Å². The summed E-state index contributed by atoms with van der Waals surface area (Å²) in [6, 6.07) is 5.24. The lowest BCUT2D eigenvalue weighted by atomic mass is 9.93. The summed E-state index contributed by atoms with van der Waals surface area (Å²) in [4.78, 5) is 18.5. The number of amides is 1. The van der Waals surface area contributed by atoms with Gasteiger partial charge in [-0.3, -0.25) is 18.9 Å². The van der Waals surface area contributed by atoms with E-state index in [1.807, 2.05) is 4.72 Å². The summed E-state index contributed by atoms with van der Waals surface area (Å²) < 4.78 is 195. The highest BCUT2D eigenvalue weighted by atomic mass is 35.5. The molecule has 1 fully saturated rings. The average molecular weight is 968 g/mol. The van der Waals surface area contributed by atoms with E-state index in [-0.39, 0.29) is 49.6 Å². The third kappa shape index (κ3) is 9.24. The predicted octanol–water partition coefficient (Wildman–Crippen LogP) is 7.66. The van der Waals surface area contributed by atoms with E-state index < -0.39 is 126 Å². The second-order valence-electron chi connectivity index (χ2n) is 15.9. The third-order valence-corrected chi connectivity index (χ3v) is 13.4. The highest BCUT2D eigenvalue weighted by molar-refractivity contribution is 7.92. The zero-order valence-corrected chi connectivity index (χ0v) is 35.7. The molecule has 25 heteroatoms. The quantitative estimate of drug-likeness (QED) is 0.101. The minimum absolute atomic E-state index is 0.195. The van der Waals surface area contributed by atoms with Crippen molar-refractivity contribution in [2.75, 3.05) is 17.2 Å². The molecule has 2 aliphatic rings. The van der Waals surface area contributed by atoms with Crippen LogP contribution in [0.15, 0.2) is 42.5 Å². The number of fused-ring (bicyclic) bond motifs is 4. The molecule has 3 aromatic heterocycles. The van der Waals surface area contributed by atoms with Crippen molar-refractivity contribution in [2.45, 2.75) is 74.8 Å². The number of aromatic nitrogens is 5. The van der Waals surface area contributed by atoms with Crippen LogP contribution in [0.3, 0.4) is 0 Å².